The Morgan fingerprint density at radius 2 is 1.77 bits per heavy atom. The molecule has 0 saturated heterocycles. The van der Waals surface area contributed by atoms with Crippen LogP contribution in [0.15, 0.2) is 24.3 Å². The predicted octanol–water partition coefficient (Wildman–Crippen LogP) is 2.88. The number of rotatable bonds is 8. The van der Waals surface area contributed by atoms with Crippen molar-refractivity contribution in [2.75, 3.05) is 29.5 Å². The van der Waals surface area contributed by atoms with E-state index in [4.69, 9.17) is 0 Å². The van der Waals surface area contributed by atoms with Crippen molar-refractivity contribution in [3.63, 3.8) is 0 Å². The van der Waals surface area contributed by atoms with E-state index in [0.717, 1.165) is 24.9 Å². The third-order valence-electron chi connectivity index (χ3n) is 3.01. The maximum Gasteiger partial charge on any atom is 0.229 e. The number of benzene rings is 1. The molecule has 3 N–H and O–H groups in total. The maximum absolute atomic E-state index is 13.2. The number of aromatic nitrogens is 3. The summed E-state index contributed by atoms with van der Waals surface area (Å²) >= 11 is 0. The zero-order valence-electron chi connectivity index (χ0n) is 12.9. The second-order valence-corrected chi connectivity index (χ2v) is 4.82. The molecule has 0 aliphatic carbocycles. The van der Waals surface area contributed by atoms with Gasteiger partial charge in [-0.3, -0.25) is 0 Å². The summed E-state index contributed by atoms with van der Waals surface area (Å²) in [5.74, 6) is 1.20. The number of hydrogen-bond donors (Lipinski definition) is 3. The zero-order valence-corrected chi connectivity index (χ0v) is 12.9. The minimum Gasteiger partial charge on any atom is -0.357 e. The quantitative estimate of drug-likeness (QED) is 0.651. The first-order chi connectivity index (χ1) is 10.7. The van der Waals surface area contributed by atoms with Crippen LogP contribution in [0.5, 0.6) is 0 Å². The number of unbranched alkanes of at least 4 members (excludes halogenated alkanes) is 1. The Hall–Kier alpha value is -2.44. The van der Waals surface area contributed by atoms with Crippen LogP contribution >= 0.6 is 0 Å². The van der Waals surface area contributed by atoms with Gasteiger partial charge in [-0.05, 0) is 24.1 Å². The molecule has 0 spiro atoms. The van der Waals surface area contributed by atoms with Gasteiger partial charge in [0, 0.05) is 20.1 Å². The molecule has 0 atom stereocenters. The molecular formula is C15H21FN6. The van der Waals surface area contributed by atoms with Gasteiger partial charge in [-0.1, -0.05) is 25.5 Å². The van der Waals surface area contributed by atoms with Gasteiger partial charge in [0.05, 0.1) is 0 Å². The summed E-state index contributed by atoms with van der Waals surface area (Å²) < 4.78 is 13.2. The van der Waals surface area contributed by atoms with E-state index in [9.17, 15) is 4.39 Å². The van der Waals surface area contributed by atoms with E-state index in [0.29, 0.717) is 24.4 Å². The molecule has 7 heteroatoms. The summed E-state index contributed by atoms with van der Waals surface area (Å²) in [5.41, 5.74) is 0.826. The lowest BCUT2D eigenvalue weighted by Gasteiger charge is -2.10. The number of halogens is 1. The van der Waals surface area contributed by atoms with Crippen molar-refractivity contribution in [3.05, 3.63) is 35.6 Å². The number of nitrogens with one attached hydrogen (secondary N) is 3. The van der Waals surface area contributed by atoms with Crippen LogP contribution in [-0.2, 0) is 6.54 Å². The fourth-order valence-electron chi connectivity index (χ4n) is 1.85. The van der Waals surface area contributed by atoms with Crippen LogP contribution in [0.1, 0.15) is 25.3 Å². The summed E-state index contributed by atoms with van der Waals surface area (Å²) in [5, 5.41) is 9.15. The molecule has 1 aromatic heterocycles. The van der Waals surface area contributed by atoms with Gasteiger partial charge < -0.3 is 16.0 Å². The van der Waals surface area contributed by atoms with Gasteiger partial charge in [0.15, 0.2) is 0 Å². The van der Waals surface area contributed by atoms with Crippen LogP contribution in [0.3, 0.4) is 0 Å². The Kier molecular flexibility index (Phi) is 5.88. The van der Waals surface area contributed by atoms with E-state index in [1.165, 1.54) is 12.1 Å². The lowest BCUT2D eigenvalue weighted by Crippen LogP contribution is -2.12. The van der Waals surface area contributed by atoms with Gasteiger partial charge in [0.2, 0.25) is 17.8 Å². The molecule has 0 aliphatic heterocycles. The summed E-state index contributed by atoms with van der Waals surface area (Å²) in [6.45, 7) is 3.38. The second kappa shape index (κ2) is 8.11. The lowest BCUT2D eigenvalue weighted by molar-refractivity contribution is 0.626. The van der Waals surface area contributed by atoms with Crippen molar-refractivity contribution >= 4 is 17.8 Å². The summed E-state index contributed by atoms with van der Waals surface area (Å²) in [6.07, 6.45) is 2.15. The lowest BCUT2D eigenvalue weighted by atomic mass is 10.2. The molecule has 2 aromatic rings. The molecule has 0 amide bonds. The van der Waals surface area contributed by atoms with E-state index in [1.54, 1.807) is 13.1 Å². The Morgan fingerprint density at radius 1 is 1.05 bits per heavy atom. The van der Waals surface area contributed by atoms with E-state index >= 15 is 0 Å². The van der Waals surface area contributed by atoms with Crippen LogP contribution in [-0.4, -0.2) is 28.5 Å². The highest BCUT2D eigenvalue weighted by Gasteiger charge is 2.05. The standard InChI is InChI=1S/C15H21FN6/c1-3-4-8-18-14-20-13(17-2)21-15(22-14)19-10-11-6-5-7-12(16)9-11/h5-7,9H,3-4,8,10H2,1-2H3,(H3,17,18,19,20,21,22). The van der Waals surface area contributed by atoms with Crippen LogP contribution in [0, 0.1) is 5.82 Å². The molecule has 0 unspecified atom stereocenters. The fraction of sp³-hybridized carbons (Fsp3) is 0.400. The molecule has 0 saturated carbocycles. The summed E-state index contributed by atoms with van der Waals surface area (Å²) in [7, 11) is 1.75. The monoisotopic (exact) mass is 304 g/mol. The average Bonchev–Trinajstić information content (AvgIpc) is 2.53. The van der Waals surface area contributed by atoms with Gasteiger partial charge in [0.25, 0.3) is 0 Å². The largest absolute Gasteiger partial charge is 0.357 e. The molecule has 0 fully saturated rings. The fourth-order valence-corrected chi connectivity index (χ4v) is 1.85. The Labute approximate surface area is 129 Å². The first kappa shape index (κ1) is 15.9. The van der Waals surface area contributed by atoms with E-state index in [-0.39, 0.29) is 5.82 Å². The summed E-state index contributed by atoms with van der Waals surface area (Å²) in [4.78, 5) is 12.8. The van der Waals surface area contributed by atoms with Crippen LogP contribution < -0.4 is 16.0 Å². The van der Waals surface area contributed by atoms with Gasteiger partial charge in [0.1, 0.15) is 5.82 Å². The van der Waals surface area contributed by atoms with Crippen molar-refractivity contribution in [3.8, 4) is 0 Å². The van der Waals surface area contributed by atoms with Crippen LogP contribution in [0.4, 0.5) is 22.2 Å². The van der Waals surface area contributed by atoms with Crippen LogP contribution in [0.25, 0.3) is 0 Å². The van der Waals surface area contributed by atoms with Gasteiger partial charge in [-0.15, -0.1) is 0 Å². The zero-order chi connectivity index (χ0) is 15.8. The third kappa shape index (κ3) is 4.83. The Morgan fingerprint density at radius 3 is 2.45 bits per heavy atom. The van der Waals surface area contributed by atoms with E-state index < -0.39 is 0 Å². The Balaban J connectivity index is 2.04. The highest BCUT2D eigenvalue weighted by atomic mass is 19.1. The predicted molar refractivity (Wildman–Crippen MR) is 86.5 cm³/mol. The van der Waals surface area contributed by atoms with Gasteiger partial charge in [-0.25, -0.2) is 4.39 Å². The number of hydrogen-bond acceptors (Lipinski definition) is 6. The minimum absolute atomic E-state index is 0.257. The average molecular weight is 304 g/mol. The van der Waals surface area contributed by atoms with Crippen molar-refractivity contribution in [1.29, 1.82) is 0 Å². The molecule has 0 bridgehead atoms. The molecule has 22 heavy (non-hydrogen) atoms. The van der Waals surface area contributed by atoms with Crippen LogP contribution in [0.2, 0.25) is 0 Å². The first-order valence-electron chi connectivity index (χ1n) is 7.37. The van der Waals surface area contributed by atoms with Crippen molar-refractivity contribution in [2.24, 2.45) is 0 Å². The molecule has 6 nitrogen and oxygen atoms in total. The van der Waals surface area contributed by atoms with Gasteiger partial charge >= 0.3 is 0 Å². The first-order valence-corrected chi connectivity index (χ1v) is 7.37. The molecule has 1 aromatic carbocycles. The molecule has 1 heterocycles. The van der Waals surface area contributed by atoms with E-state index in [1.807, 2.05) is 6.07 Å². The molecule has 0 aliphatic rings. The topological polar surface area (TPSA) is 74.8 Å². The molecule has 0 radical (unpaired) electrons. The normalized spacial score (nSPS) is 10.3. The maximum atomic E-state index is 13.2. The van der Waals surface area contributed by atoms with E-state index in [2.05, 4.69) is 37.8 Å². The third-order valence-corrected chi connectivity index (χ3v) is 3.01. The van der Waals surface area contributed by atoms with Crippen molar-refractivity contribution in [2.45, 2.75) is 26.3 Å². The second-order valence-electron chi connectivity index (χ2n) is 4.82. The van der Waals surface area contributed by atoms with Crippen molar-refractivity contribution in [1.82, 2.24) is 15.0 Å². The molecule has 2 rings (SSSR count). The molecule has 118 valence electrons. The Bertz CT molecular complexity index is 604. The van der Waals surface area contributed by atoms with Gasteiger partial charge in [-0.2, -0.15) is 15.0 Å². The highest BCUT2D eigenvalue weighted by molar-refractivity contribution is 5.42. The number of anilines is 3. The smallest absolute Gasteiger partial charge is 0.229 e. The summed E-state index contributed by atoms with van der Waals surface area (Å²) in [6, 6.07) is 6.42. The molecular weight excluding hydrogens is 283 g/mol. The number of nitrogens with zero attached hydrogens (tertiary/aromatic N) is 3. The minimum atomic E-state index is -0.257. The van der Waals surface area contributed by atoms with Crippen molar-refractivity contribution < 1.29 is 4.39 Å². The SMILES string of the molecule is CCCCNc1nc(NC)nc(NCc2cccc(F)c2)n1. The highest BCUT2D eigenvalue weighted by Crippen LogP contribution is 2.11.